The quantitative estimate of drug-likeness (QED) is 0.836. The standard InChI is InChI=1S/C11H11NO3/c1-2-4-7-5-3-6-8-9(7)12-10(15-8)11(13)14/h3,5-6H,2,4H2,1H3,(H,13,14). The zero-order chi connectivity index (χ0) is 10.8. The van der Waals surface area contributed by atoms with Gasteiger partial charge in [-0.3, -0.25) is 0 Å². The van der Waals surface area contributed by atoms with Gasteiger partial charge in [0.15, 0.2) is 5.58 Å². The molecule has 15 heavy (non-hydrogen) atoms. The topological polar surface area (TPSA) is 63.3 Å². The van der Waals surface area contributed by atoms with E-state index in [2.05, 4.69) is 11.9 Å². The van der Waals surface area contributed by atoms with E-state index in [9.17, 15) is 4.79 Å². The first-order valence-electron chi connectivity index (χ1n) is 4.84. The minimum atomic E-state index is -1.13. The summed E-state index contributed by atoms with van der Waals surface area (Å²) in [7, 11) is 0. The van der Waals surface area contributed by atoms with Crippen LogP contribution in [0.4, 0.5) is 0 Å². The van der Waals surface area contributed by atoms with Crippen molar-refractivity contribution in [1.82, 2.24) is 4.98 Å². The molecule has 0 saturated heterocycles. The molecule has 0 radical (unpaired) electrons. The van der Waals surface area contributed by atoms with Gasteiger partial charge >= 0.3 is 11.9 Å². The minimum absolute atomic E-state index is 0.242. The van der Waals surface area contributed by atoms with Crippen LogP contribution in [-0.2, 0) is 6.42 Å². The summed E-state index contributed by atoms with van der Waals surface area (Å²) >= 11 is 0. The van der Waals surface area contributed by atoms with E-state index in [0.717, 1.165) is 18.4 Å². The predicted molar refractivity (Wildman–Crippen MR) is 55.0 cm³/mol. The van der Waals surface area contributed by atoms with Gasteiger partial charge in [-0.15, -0.1) is 0 Å². The Balaban J connectivity index is 2.59. The molecule has 0 atom stereocenters. The Kier molecular flexibility index (Phi) is 2.41. The van der Waals surface area contributed by atoms with Crippen molar-refractivity contribution >= 4 is 17.1 Å². The first-order chi connectivity index (χ1) is 7.22. The number of carboxylic acids is 1. The molecular formula is C11H11NO3. The number of fused-ring (bicyclic) bond motifs is 1. The molecule has 4 nitrogen and oxygen atoms in total. The highest BCUT2D eigenvalue weighted by atomic mass is 16.4. The number of hydrogen-bond acceptors (Lipinski definition) is 3. The van der Waals surface area contributed by atoms with Crippen LogP contribution in [0.15, 0.2) is 22.6 Å². The molecule has 1 aromatic carbocycles. The van der Waals surface area contributed by atoms with Crippen molar-refractivity contribution in [3.05, 3.63) is 29.7 Å². The van der Waals surface area contributed by atoms with E-state index in [4.69, 9.17) is 9.52 Å². The Bertz CT molecular complexity index is 502. The highest BCUT2D eigenvalue weighted by Crippen LogP contribution is 2.20. The molecule has 0 fully saturated rings. The van der Waals surface area contributed by atoms with Crippen LogP contribution in [0, 0.1) is 0 Å². The van der Waals surface area contributed by atoms with E-state index >= 15 is 0 Å². The normalized spacial score (nSPS) is 10.7. The summed E-state index contributed by atoms with van der Waals surface area (Å²) in [6.45, 7) is 2.07. The number of nitrogens with zero attached hydrogens (tertiary/aromatic N) is 1. The van der Waals surface area contributed by atoms with Crippen LogP contribution in [0.5, 0.6) is 0 Å². The number of carbonyl (C=O) groups is 1. The van der Waals surface area contributed by atoms with Gasteiger partial charge in [-0.25, -0.2) is 9.78 Å². The van der Waals surface area contributed by atoms with Gasteiger partial charge in [-0.2, -0.15) is 0 Å². The largest absolute Gasteiger partial charge is 0.474 e. The van der Waals surface area contributed by atoms with Crippen molar-refractivity contribution in [3.63, 3.8) is 0 Å². The molecule has 1 aromatic heterocycles. The Labute approximate surface area is 86.5 Å². The molecule has 0 bridgehead atoms. The van der Waals surface area contributed by atoms with Gasteiger partial charge in [0.2, 0.25) is 0 Å². The van der Waals surface area contributed by atoms with E-state index in [1.165, 1.54) is 0 Å². The summed E-state index contributed by atoms with van der Waals surface area (Å²) < 4.78 is 5.11. The molecule has 78 valence electrons. The third kappa shape index (κ3) is 1.70. The number of carboxylic acid groups (broad SMARTS) is 1. The van der Waals surface area contributed by atoms with Crippen LogP contribution >= 0.6 is 0 Å². The summed E-state index contributed by atoms with van der Waals surface area (Å²) in [5.41, 5.74) is 2.24. The Morgan fingerprint density at radius 1 is 1.53 bits per heavy atom. The molecule has 4 heteroatoms. The van der Waals surface area contributed by atoms with E-state index in [1.807, 2.05) is 12.1 Å². The number of aromatic nitrogens is 1. The Hall–Kier alpha value is -1.84. The second kappa shape index (κ2) is 3.73. The average Bonchev–Trinajstić information content (AvgIpc) is 2.63. The van der Waals surface area contributed by atoms with E-state index < -0.39 is 5.97 Å². The smallest absolute Gasteiger partial charge is 0.392 e. The third-order valence-electron chi connectivity index (χ3n) is 2.20. The molecular weight excluding hydrogens is 194 g/mol. The van der Waals surface area contributed by atoms with E-state index in [1.54, 1.807) is 6.07 Å². The lowest BCUT2D eigenvalue weighted by Crippen LogP contribution is -1.95. The van der Waals surface area contributed by atoms with Gasteiger partial charge in [0.1, 0.15) is 5.52 Å². The molecule has 2 aromatic rings. The van der Waals surface area contributed by atoms with Crippen molar-refractivity contribution < 1.29 is 14.3 Å². The van der Waals surface area contributed by atoms with Crippen LogP contribution < -0.4 is 0 Å². The lowest BCUT2D eigenvalue weighted by molar-refractivity contribution is 0.0656. The lowest BCUT2D eigenvalue weighted by atomic mass is 10.1. The molecule has 1 heterocycles. The monoisotopic (exact) mass is 205 g/mol. The van der Waals surface area contributed by atoms with Crippen molar-refractivity contribution in [2.45, 2.75) is 19.8 Å². The average molecular weight is 205 g/mol. The molecule has 1 N–H and O–H groups in total. The van der Waals surface area contributed by atoms with Crippen molar-refractivity contribution in [1.29, 1.82) is 0 Å². The second-order valence-electron chi connectivity index (χ2n) is 3.34. The second-order valence-corrected chi connectivity index (χ2v) is 3.34. The summed E-state index contributed by atoms with van der Waals surface area (Å²) in [5.74, 6) is -1.37. The summed E-state index contributed by atoms with van der Waals surface area (Å²) in [4.78, 5) is 14.6. The van der Waals surface area contributed by atoms with Crippen LogP contribution in [0.2, 0.25) is 0 Å². The summed E-state index contributed by atoms with van der Waals surface area (Å²) in [6, 6.07) is 5.53. The number of aromatic carboxylic acids is 1. The maximum absolute atomic E-state index is 10.7. The fraction of sp³-hybridized carbons (Fsp3) is 0.273. The molecule has 0 aliphatic carbocycles. The fourth-order valence-electron chi connectivity index (χ4n) is 1.57. The molecule has 0 spiro atoms. The van der Waals surface area contributed by atoms with Gasteiger partial charge in [0, 0.05) is 0 Å². The van der Waals surface area contributed by atoms with Crippen molar-refractivity contribution in [2.75, 3.05) is 0 Å². The van der Waals surface area contributed by atoms with Crippen LogP contribution in [0.1, 0.15) is 29.6 Å². The van der Waals surface area contributed by atoms with E-state index in [-0.39, 0.29) is 5.89 Å². The zero-order valence-electron chi connectivity index (χ0n) is 8.36. The number of hydrogen-bond donors (Lipinski definition) is 1. The van der Waals surface area contributed by atoms with Gasteiger partial charge in [0.05, 0.1) is 0 Å². The van der Waals surface area contributed by atoms with Gasteiger partial charge < -0.3 is 9.52 Å². The predicted octanol–water partition coefficient (Wildman–Crippen LogP) is 2.48. The first-order valence-corrected chi connectivity index (χ1v) is 4.84. The van der Waals surface area contributed by atoms with Crippen LogP contribution in [0.25, 0.3) is 11.1 Å². The van der Waals surface area contributed by atoms with Gasteiger partial charge in [0.25, 0.3) is 0 Å². The molecule has 2 rings (SSSR count). The third-order valence-corrected chi connectivity index (χ3v) is 2.20. The van der Waals surface area contributed by atoms with Gasteiger partial charge in [-0.05, 0) is 18.1 Å². The summed E-state index contributed by atoms with van der Waals surface area (Å²) in [6.07, 6.45) is 1.87. The molecule has 0 aliphatic heterocycles. The minimum Gasteiger partial charge on any atom is -0.474 e. The van der Waals surface area contributed by atoms with E-state index in [0.29, 0.717) is 11.1 Å². The number of rotatable bonds is 3. The SMILES string of the molecule is CCCc1cccc2oc(C(=O)O)nc12. The molecule has 0 unspecified atom stereocenters. The molecule has 0 amide bonds. The van der Waals surface area contributed by atoms with Crippen molar-refractivity contribution in [3.8, 4) is 0 Å². The Morgan fingerprint density at radius 2 is 2.33 bits per heavy atom. The van der Waals surface area contributed by atoms with Gasteiger partial charge in [-0.1, -0.05) is 25.5 Å². The van der Waals surface area contributed by atoms with Crippen molar-refractivity contribution in [2.24, 2.45) is 0 Å². The maximum Gasteiger partial charge on any atom is 0.392 e. The fourth-order valence-corrected chi connectivity index (χ4v) is 1.57. The highest BCUT2D eigenvalue weighted by Gasteiger charge is 2.14. The first kappa shape index (κ1) is 9.71. The number of oxazole rings is 1. The summed E-state index contributed by atoms with van der Waals surface area (Å²) in [5, 5.41) is 8.75. The number of para-hydroxylation sites is 1. The van der Waals surface area contributed by atoms with Crippen LogP contribution in [-0.4, -0.2) is 16.1 Å². The zero-order valence-corrected chi connectivity index (χ0v) is 8.36. The molecule has 0 aliphatic rings. The lowest BCUT2D eigenvalue weighted by Gasteiger charge is -1.96. The number of benzene rings is 1. The Morgan fingerprint density at radius 3 is 3.00 bits per heavy atom. The number of aryl methyl sites for hydroxylation is 1. The maximum atomic E-state index is 10.7. The van der Waals surface area contributed by atoms with Crippen LogP contribution in [0.3, 0.4) is 0 Å². The molecule has 0 saturated carbocycles. The highest BCUT2D eigenvalue weighted by molar-refractivity contribution is 5.87.